The molecule has 0 aromatic carbocycles. The number of rotatable bonds is 7. The highest BCUT2D eigenvalue weighted by atomic mass is 32.1. The SMILES string of the molecule is CCC(C)CC(=O)c1cnn(Cc2ccc(-c3noc(C(F)(F)F)n3)s2)c1. The largest absolute Gasteiger partial charge is 0.471 e. The molecule has 1 unspecified atom stereocenters. The predicted molar refractivity (Wildman–Crippen MR) is 92.3 cm³/mol. The van der Waals surface area contributed by atoms with Gasteiger partial charge in [-0.05, 0) is 18.1 Å². The monoisotopic (exact) mass is 398 g/mol. The number of halogens is 3. The molecular formula is C17H17F3N4O2S. The van der Waals surface area contributed by atoms with Crippen LogP contribution in [0.25, 0.3) is 10.7 Å². The van der Waals surface area contributed by atoms with Crippen molar-refractivity contribution in [2.75, 3.05) is 0 Å². The molecule has 3 heterocycles. The number of hydrogen-bond acceptors (Lipinski definition) is 6. The molecule has 0 bridgehead atoms. The zero-order valence-corrected chi connectivity index (χ0v) is 15.5. The maximum Gasteiger partial charge on any atom is 0.471 e. The van der Waals surface area contributed by atoms with Crippen LogP contribution in [0.4, 0.5) is 13.2 Å². The van der Waals surface area contributed by atoms with E-state index in [0.717, 1.165) is 11.3 Å². The molecule has 0 spiro atoms. The van der Waals surface area contributed by atoms with Crippen LogP contribution in [-0.4, -0.2) is 25.7 Å². The molecule has 144 valence electrons. The third-order valence-corrected chi connectivity index (χ3v) is 5.12. The molecule has 6 nitrogen and oxygen atoms in total. The lowest BCUT2D eigenvalue weighted by Gasteiger charge is -2.04. The van der Waals surface area contributed by atoms with E-state index in [0.29, 0.717) is 29.3 Å². The molecule has 3 aromatic heterocycles. The van der Waals surface area contributed by atoms with Gasteiger partial charge in [-0.25, -0.2) is 0 Å². The Bertz CT molecular complexity index is 929. The Labute approximate surface area is 157 Å². The van der Waals surface area contributed by atoms with Crippen LogP contribution >= 0.6 is 11.3 Å². The summed E-state index contributed by atoms with van der Waals surface area (Å²) in [5.41, 5.74) is 0.556. The van der Waals surface area contributed by atoms with Gasteiger partial charge in [-0.1, -0.05) is 25.4 Å². The number of ketones is 1. The van der Waals surface area contributed by atoms with Gasteiger partial charge in [-0.15, -0.1) is 11.3 Å². The van der Waals surface area contributed by atoms with Crippen molar-refractivity contribution in [1.82, 2.24) is 19.9 Å². The van der Waals surface area contributed by atoms with Gasteiger partial charge in [0.15, 0.2) is 5.78 Å². The summed E-state index contributed by atoms with van der Waals surface area (Å²) >= 11 is 1.24. The fourth-order valence-corrected chi connectivity index (χ4v) is 3.28. The van der Waals surface area contributed by atoms with Gasteiger partial charge in [0.1, 0.15) is 0 Å². The molecule has 0 aliphatic rings. The molecular weight excluding hydrogens is 381 g/mol. The number of Topliss-reactive ketones (excluding diaryl/α,β-unsaturated/α-hetero) is 1. The molecule has 3 rings (SSSR count). The standard InChI is InChI=1S/C17H17F3N4O2S/c1-3-10(2)6-13(25)11-7-21-24(8-11)9-12-4-5-14(27-12)15-22-16(26-23-15)17(18,19)20/h4-5,7-8,10H,3,6,9H2,1-2H3. The third-order valence-electron chi connectivity index (χ3n) is 4.05. The van der Waals surface area contributed by atoms with Crippen molar-refractivity contribution in [3.05, 3.63) is 40.9 Å². The molecule has 10 heteroatoms. The normalized spacial score (nSPS) is 13.1. The van der Waals surface area contributed by atoms with E-state index in [9.17, 15) is 18.0 Å². The molecule has 0 amide bonds. The summed E-state index contributed by atoms with van der Waals surface area (Å²) in [6.07, 6.45) is -0.0401. The second kappa shape index (κ2) is 7.63. The Morgan fingerprint density at radius 1 is 1.37 bits per heavy atom. The van der Waals surface area contributed by atoms with Crippen LogP contribution in [0.1, 0.15) is 47.8 Å². The van der Waals surface area contributed by atoms with Gasteiger partial charge in [0.05, 0.1) is 23.2 Å². The molecule has 27 heavy (non-hydrogen) atoms. The first kappa shape index (κ1) is 19.3. The summed E-state index contributed by atoms with van der Waals surface area (Å²) in [4.78, 5) is 16.9. The number of aromatic nitrogens is 4. The average Bonchev–Trinajstić information content (AvgIpc) is 3.34. The smallest absolute Gasteiger partial charge is 0.329 e. The summed E-state index contributed by atoms with van der Waals surface area (Å²) in [7, 11) is 0. The zero-order chi connectivity index (χ0) is 19.6. The molecule has 1 atom stereocenters. The van der Waals surface area contributed by atoms with Crippen LogP contribution in [0.5, 0.6) is 0 Å². The summed E-state index contributed by atoms with van der Waals surface area (Å²) < 4.78 is 43.5. The fourth-order valence-electron chi connectivity index (χ4n) is 2.35. The maximum absolute atomic E-state index is 12.5. The fraction of sp³-hybridized carbons (Fsp3) is 0.412. The maximum atomic E-state index is 12.5. The number of hydrogen-bond donors (Lipinski definition) is 0. The van der Waals surface area contributed by atoms with Crippen molar-refractivity contribution >= 4 is 17.1 Å². The van der Waals surface area contributed by atoms with E-state index in [-0.39, 0.29) is 11.6 Å². The molecule has 0 saturated heterocycles. The van der Waals surface area contributed by atoms with E-state index in [2.05, 4.69) is 19.8 Å². The lowest BCUT2D eigenvalue weighted by molar-refractivity contribution is -0.159. The van der Waals surface area contributed by atoms with Crippen LogP contribution in [0.3, 0.4) is 0 Å². The molecule has 0 saturated carbocycles. The van der Waals surface area contributed by atoms with E-state index < -0.39 is 12.1 Å². The van der Waals surface area contributed by atoms with Gasteiger partial charge in [0, 0.05) is 17.5 Å². The van der Waals surface area contributed by atoms with Gasteiger partial charge in [0.25, 0.3) is 0 Å². The van der Waals surface area contributed by atoms with Gasteiger partial charge >= 0.3 is 12.1 Å². The molecule has 0 aliphatic carbocycles. The summed E-state index contributed by atoms with van der Waals surface area (Å²) in [5.74, 6) is -1.11. The van der Waals surface area contributed by atoms with Crippen LogP contribution in [0.15, 0.2) is 29.0 Å². The number of nitrogens with zero attached hydrogens (tertiary/aromatic N) is 4. The highest BCUT2D eigenvalue weighted by Gasteiger charge is 2.38. The topological polar surface area (TPSA) is 73.8 Å². The highest BCUT2D eigenvalue weighted by molar-refractivity contribution is 7.15. The lowest BCUT2D eigenvalue weighted by atomic mass is 10.00. The van der Waals surface area contributed by atoms with Crippen molar-refractivity contribution < 1.29 is 22.5 Å². The first-order valence-corrected chi connectivity index (χ1v) is 9.13. The molecule has 0 N–H and O–H groups in total. The van der Waals surface area contributed by atoms with Crippen molar-refractivity contribution in [1.29, 1.82) is 0 Å². The van der Waals surface area contributed by atoms with Gasteiger partial charge in [0.2, 0.25) is 5.82 Å². The third kappa shape index (κ3) is 4.62. The first-order chi connectivity index (χ1) is 12.8. The number of carbonyl (C=O) groups is 1. The minimum absolute atomic E-state index is 0.0499. The lowest BCUT2D eigenvalue weighted by Crippen LogP contribution is -2.04. The second-order valence-electron chi connectivity index (χ2n) is 6.25. The molecule has 0 radical (unpaired) electrons. The van der Waals surface area contributed by atoms with Crippen molar-refractivity contribution in [3.8, 4) is 10.7 Å². The minimum Gasteiger partial charge on any atom is -0.329 e. The second-order valence-corrected chi connectivity index (χ2v) is 7.42. The molecule has 3 aromatic rings. The van der Waals surface area contributed by atoms with Crippen molar-refractivity contribution in [2.45, 2.75) is 39.4 Å². The van der Waals surface area contributed by atoms with Gasteiger partial charge in [-0.2, -0.15) is 23.3 Å². The van der Waals surface area contributed by atoms with E-state index >= 15 is 0 Å². The Morgan fingerprint density at radius 2 is 2.15 bits per heavy atom. The molecule has 0 fully saturated rings. The van der Waals surface area contributed by atoms with E-state index in [1.54, 1.807) is 23.0 Å². The Balaban J connectivity index is 1.68. The zero-order valence-electron chi connectivity index (χ0n) is 14.7. The van der Waals surface area contributed by atoms with Gasteiger partial charge < -0.3 is 4.52 Å². The Kier molecular flexibility index (Phi) is 5.45. The van der Waals surface area contributed by atoms with E-state index in [1.807, 2.05) is 13.8 Å². The van der Waals surface area contributed by atoms with E-state index in [1.165, 1.54) is 17.5 Å². The summed E-state index contributed by atoms with van der Waals surface area (Å²) in [6.45, 7) is 4.46. The Morgan fingerprint density at radius 3 is 2.81 bits per heavy atom. The predicted octanol–water partition coefficient (Wildman–Crippen LogP) is 4.68. The van der Waals surface area contributed by atoms with Crippen molar-refractivity contribution in [3.63, 3.8) is 0 Å². The summed E-state index contributed by atoms with van der Waals surface area (Å²) in [6, 6.07) is 3.38. The number of alkyl halides is 3. The highest BCUT2D eigenvalue weighted by Crippen LogP contribution is 2.31. The van der Waals surface area contributed by atoms with Crippen LogP contribution in [0, 0.1) is 5.92 Å². The molecule has 0 aliphatic heterocycles. The van der Waals surface area contributed by atoms with Gasteiger partial charge in [-0.3, -0.25) is 9.48 Å². The number of thiophene rings is 1. The van der Waals surface area contributed by atoms with Crippen LogP contribution in [-0.2, 0) is 12.7 Å². The van der Waals surface area contributed by atoms with Crippen LogP contribution in [0.2, 0.25) is 0 Å². The summed E-state index contributed by atoms with van der Waals surface area (Å²) in [5, 5.41) is 7.56. The van der Waals surface area contributed by atoms with Crippen LogP contribution < -0.4 is 0 Å². The first-order valence-electron chi connectivity index (χ1n) is 8.32. The quantitative estimate of drug-likeness (QED) is 0.540. The average molecular weight is 398 g/mol. The number of carbonyl (C=O) groups excluding carboxylic acids is 1. The Hall–Kier alpha value is -2.49. The van der Waals surface area contributed by atoms with E-state index in [4.69, 9.17) is 0 Å². The van der Waals surface area contributed by atoms with Crippen molar-refractivity contribution in [2.24, 2.45) is 5.92 Å². The minimum atomic E-state index is -4.67.